The van der Waals surface area contributed by atoms with Crippen LogP contribution < -0.4 is 10.6 Å². The number of nitrogens with two attached hydrogens (primary N) is 1. The fourth-order valence-electron chi connectivity index (χ4n) is 1.81. The van der Waals surface area contributed by atoms with Crippen LogP contribution in [-0.2, 0) is 0 Å². The molecule has 0 bridgehead atoms. The smallest absolute Gasteiger partial charge is 0.277 e. The SMILES string of the molecule is C[C@@H](Sc1nnc(-c2ccc[nH]2)o1)c1nc(N)nc(N(C)C)n1. The van der Waals surface area contributed by atoms with Crippen LogP contribution in [0.3, 0.4) is 0 Å². The van der Waals surface area contributed by atoms with E-state index in [9.17, 15) is 0 Å². The molecule has 9 nitrogen and oxygen atoms in total. The summed E-state index contributed by atoms with van der Waals surface area (Å²) in [5.74, 6) is 1.70. The average Bonchev–Trinajstić information content (AvgIpc) is 3.17. The van der Waals surface area contributed by atoms with Gasteiger partial charge in [0.1, 0.15) is 11.5 Å². The second kappa shape index (κ2) is 6.24. The number of anilines is 2. The number of aromatic nitrogens is 6. The van der Waals surface area contributed by atoms with E-state index in [1.54, 1.807) is 11.1 Å². The van der Waals surface area contributed by atoms with E-state index in [1.165, 1.54) is 11.8 Å². The highest BCUT2D eigenvalue weighted by Gasteiger charge is 2.18. The first kappa shape index (κ1) is 15.3. The van der Waals surface area contributed by atoms with E-state index in [0.29, 0.717) is 22.9 Å². The molecular weight excluding hydrogens is 316 g/mol. The van der Waals surface area contributed by atoms with Crippen LogP contribution in [0.15, 0.2) is 28.0 Å². The molecule has 0 radical (unpaired) electrons. The number of thioether (sulfide) groups is 1. The molecule has 0 fully saturated rings. The van der Waals surface area contributed by atoms with Gasteiger partial charge in [-0.05, 0) is 19.1 Å². The van der Waals surface area contributed by atoms with Crippen molar-refractivity contribution in [1.82, 2.24) is 30.1 Å². The van der Waals surface area contributed by atoms with Crippen molar-refractivity contribution in [1.29, 1.82) is 0 Å². The van der Waals surface area contributed by atoms with Gasteiger partial charge in [-0.25, -0.2) is 0 Å². The quantitative estimate of drug-likeness (QED) is 0.672. The molecule has 0 saturated carbocycles. The Kier molecular flexibility index (Phi) is 4.15. The molecule has 3 aromatic rings. The molecule has 0 aliphatic rings. The molecule has 3 aromatic heterocycles. The Morgan fingerprint density at radius 3 is 2.78 bits per heavy atom. The summed E-state index contributed by atoms with van der Waals surface area (Å²) in [6, 6.07) is 3.73. The zero-order valence-electron chi connectivity index (χ0n) is 12.9. The van der Waals surface area contributed by atoms with Crippen molar-refractivity contribution in [2.75, 3.05) is 24.7 Å². The summed E-state index contributed by atoms with van der Waals surface area (Å²) < 4.78 is 5.62. The number of nitrogen functional groups attached to an aromatic ring is 1. The van der Waals surface area contributed by atoms with Gasteiger partial charge in [0, 0.05) is 20.3 Å². The third-order valence-corrected chi connectivity index (χ3v) is 3.87. The zero-order chi connectivity index (χ0) is 16.4. The lowest BCUT2D eigenvalue weighted by Crippen LogP contribution is -2.16. The van der Waals surface area contributed by atoms with Gasteiger partial charge in [-0.3, -0.25) is 0 Å². The summed E-state index contributed by atoms with van der Waals surface area (Å²) in [6.45, 7) is 1.94. The van der Waals surface area contributed by atoms with Crippen LogP contribution in [0, 0.1) is 0 Å². The third kappa shape index (κ3) is 3.42. The molecule has 3 N–H and O–H groups in total. The van der Waals surface area contributed by atoms with Gasteiger partial charge in [0.2, 0.25) is 11.9 Å². The molecule has 0 aromatic carbocycles. The highest BCUT2D eigenvalue weighted by molar-refractivity contribution is 7.99. The molecule has 23 heavy (non-hydrogen) atoms. The predicted molar refractivity (Wildman–Crippen MR) is 86.9 cm³/mol. The minimum Gasteiger partial charge on any atom is -0.410 e. The van der Waals surface area contributed by atoms with Gasteiger partial charge in [0.05, 0.1) is 5.25 Å². The number of nitrogens with one attached hydrogen (secondary N) is 1. The van der Waals surface area contributed by atoms with Gasteiger partial charge in [-0.2, -0.15) is 15.0 Å². The summed E-state index contributed by atoms with van der Waals surface area (Å²) in [7, 11) is 3.69. The second-order valence-corrected chi connectivity index (χ2v) is 6.26. The maximum Gasteiger partial charge on any atom is 0.277 e. The third-order valence-electron chi connectivity index (χ3n) is 2.93. The van der Waals surface area contributed by atoms with Gasteiger partial charge in [-0.1, -0.05) is 11.8 Å². The van der Waals surface area contributed by atoms with E-state index in [2.05, 4.69) is 30.1 Å². The Bertz CT molecular complexity index is 785. The van der Waals surface area contributed by atoms with Crippen LogP contribution >= 0.6 is 11.8 Å². The van der Waals surface area contributed by atoms with Gasteiger partial charge >= 0.3 is 0 Å². The van der Waals surface area contributed by atoms with Crippen LogP contribution in [0.25, 0.3) is 11.6 Å². The summed E-state index contributed by atoms with van der Waals surface area (Å²) in [5.41, 5.74) is 6.52. The molecule has 3 heterocycles. The molecule has 3 rings (SSSR count). The maximum absolute atomic E-state index is 5.74. The molecular formula is C13H16N8OS. The highest BCUT2D eigenvalue weighted by Crippen LogP contribution is 2.33. The fourth-order valence-corrected chi connectivity index (χ4v) is 2.54. The Labute approximate surface area is 136 Å². The largest absolute Gasteiger partial charge is 0.410 e. The normalized spacial score (nSPS) is 12.3. The number of aromatic amines is 1. The Morgan fingerprint density at radius 2 is 2.09 bits per heavy atom. The Morgan fingerprint density at radius 1 is 1.26 bits per heavy atom. The summed E-state index contributed by atoms with van der Waals surface area (Å²) >= 11 is 1.36. The molecule has 0 saturated heterocycles. The minimum atomic E-state index is -0.115. The van der Waals surface area contributed by atoms with Crippen molar-refractivity contribution in [3.63, 3.8) is 0 Å². The van der Waals surface area contributed by atoms with Crippen molar-refractivity contribution in [3.05, 3.63) is 24.2 Å². The Hall–Kier alpha value is -2.62. The second-order valence-electron chi connectivity index (χ2n) is 4.96. The topological polar surface area (TPSA) is 123 Å². The van der Waals surface area contributed by atoms with E-state index in [4.69, 9.17) is 10.2 Å². The van der Waals surface area contributed by atoms with Gasteiger partial charge in [0.15, 0.2) is 0 Å². The number of H-pyrrole nitrogens is 1. The van der Waals surface area contributed by atoms with E-state index >= 15 is 0 Å². The molecule has 1 atom stereocenters. The number of nitrogens with zero attached hydrogens (tertiary/aromatic N) is 6. The highest BCUT2D eigenvalue weighted by atomic mass is 32.2. The summed E-state index contributed by atoms with van der Waals surface area (Å²) in [5, 5.41) is 8.37. The first-order chi connectivity index (χ1) is 11.0. The van der Waals surface area contributed by atoms with Crippen LogP contribution in [0.1, 0.15) is 18.0 Å². The number of rotatable bonds is 5. The molecule has 0 aliphatic carbocycles. The Balaban J connectivity index is 1.78. The summed E-state index contributed by atoms with van der Waals surface area (Å²) in [6.07, 6.45) is 1.80. The van der Waals surface area contributed by atoms with Crippen LogP contribution in [0.5, 0.6) is 0 Å². The fraction of sp³-hybridized carbons (Fsp3) is 0.308. The minimum absolute atomic E-state index is 0.115. The van der Waals surface area contributed by atoms with Crippen LogP contribution in [0.4, 0.5) is 11.9 Å². The van der Waals surface area contributed by atoms with Gasteiger partial charge in [0.25, 0.3) is 11.1 Å². The van der Waals surface area contributed by atoms with E-state index in [1.807, 2.05) is 33.2 Å². The zero-order valence-corrected chi connectivity index (χ0v) is 13.7. The lowest BCUT2D eigenvalue weighted by atomic mass is 10.4. The molecule has 120 valence electrons. The lowest BCUT2D eigenvalue weighted by Gasteiger charge is -2.13. The van der Waals surface area contributed by atoms with Crippen LogP contribution in [-0.4, -0.2) is 44.2 Å². The molecule has 0 unspecified atom stereocenters. The number of hydrogen-bond donors (Lipinski definition) is 2. The van der Waals surface area contributed by atoms with E-state index < -0.39 is 0 Å². The van der Waals surface area contributed by atoms with Crippen molar-refractivity contribution in [2.45, 2.75) is 17.4 Å². The maximum atomic E-state index is 5.74. The van der Waals surface area contributed by atoms with Gasteiger partial charge in [-0.15, -0.1) is 10.2 Å². The first-order valence-electron chi connectivity index (χ1n) is 6.85. The first-order valence-corrected chi connectivity index (χ1v) is 7.73. The lowest BCUT2D eigenvalue weighted by molar-refractivity contribution is 0.463. The van der Waals surface area contributed by atoms with Crippen molar-refractivity contribution >= 4 is 23.7 Å². The standard InChI is InChI=1S/C13H16N8OS/c1-7(9-16-11(14)18-12(17-9)21(2)3)23-13-20-19-10(22-13)8-5-4-6-15-8/h4-7,15H,1-3H3,(H2,14,16,17,18)/t7-/m1/s1. The average molecular weight is 332 g/mol. The van der Waals surface area contributed by atoms with Crippen molar-refractivity contribution < 1.29 is 4.42 Å². The van der Waals surface area contributed by atoms with E-state index in [-0.39, 0.29) is 11.2 Å². The van der Waals surface area contributed by atoms with Crippen molar-refractivity contribution in [2.24, 2.45) is 0 Å². The monoisotopic (exact) mass is 332 g/mol. The predicted octanol–water partition coefficient (Wildman–Crippen LogP) is 1.75. The molecule has 0 amide bonds. The van der Waals surface area contributed by atoms with Crippen molar-refractivity contribution in [3.8, 4) is 11.6 Å². The molecule has 0 spiro atoms. The van der Waals surface area contributed by atoms with Crippen LogP contribution in [0.2, 0.25) is 0 Å². The number of hydrogen-bond acceptors (Lipinski definition) is 9. The summed E-state index contributed by atoms with van der Waals surface area (Å²) in [4.78, 5) is 17.4. The van der Waals surface area contributed by atoms with Gasteiger partial charge < -0.3 is 20.0 Å². The van der Waals surface area contributed by atoms with E-state index in [0.717, 1.165) is 5.69 Å². The molecule has 10 heteroatoms. The molecule has 0 aliphatic heterocycles.